The molecule has 0 saturated heterocycles. The fraction of sp³-hybridized carbons (Fsp3) is 0.429. The van der Waals surface area contributed by atoms with Crippen LogP contribution >= 0.6 is 11.6 Å². The van der Waals surface area contributed by atoms with Gasteiger partial charge in [-0.15, -0.1) is 0 Å². The Hall–Kier alpha value is -1.75. The van der Waals surface area contributed by atoms with Crippen molar-refractivity contribution in [2.24, 2.45) is 0 Å². The first-order chi connectivity index (χ1) is 9.45. The fourth-order valence-corrected chi connectivity index (χ4v) is 2.06. The number of rotatable bonds is 6. The van der Waals surface area contributed by atoms with Crippen LogP contribution in [-0.4, -0.2) is 47.0 Å². The smallest absolute Gasteiger partial charge is 0.323 e. The lowest BCUT2D eigenvalue weighted by Crippen LogP contribution is -2.43. The summed E-state index contributed by atoms with van der Waals surface area (Å²) in [4.78, 5) is 25.8. The quantitative estimate of drug-likeness (QED) is 0.878. The van der Waals surface area contributed by atoms with Crippen LogP contribution in [0.4, 0.5) is 4.79 Å². The summed E-state index contributed by atoms with van der Waals surface area (Å²) < 4.78 is 0. The molecule has 0 atom stereocenters. The Morgan fingerprint density at radius 3 is 2.50 bits per heavy atom. The molecular weight excluding hydrogens is 280 g/mol. The molecule has 1 N–H and O–H groups in total. The second kappa shape index (κ2) is 7.75. The third-order valence-electron chi connectivity index (χ3n) is 2.78. The molecule has 1 rings (SSSR count). The number of aliphatic carboxylic acids is 1. The summed E-state index contributed by atoms with van der Waals surface area (Å²) in [5.74, 6) is -1.02. The van der Waals surface area contributed by atoms with Crippen molar-refractivity contribution in [1.29, 1.82) is 0 Å². The summed E-state index contributed by atoms with van der Waals surface area (Å²) >= 11 is 6.05. The fourth-order valence-electron chi connectivity index (χ4n) is 1.87. The van der Waals surface area contributed by atoms with Crippen molar-refractivity contribution in [3.05, 3.63) is 34.9 Å². The molecule has 1 aromatic carbocycles. The van der Waals surface area contributed by atoms with E-state index >= 15 is 0 Å². The Labute approximate surface area is 123 Å². The van der Waals surface area contributed by atoms with Crippen LogP contribution < -0.4 is 0 Å². The molecule has 0 aliphatic heterocycles. The van der Waals surface area contributed by atoms with E-state index in [4.69, 9.17) is 16.7 Å². The molecule has 0 heterocycles. The molecule has 110 valence electrons. The molecule has 20 heavy (non-hydrogen) atoms. The normalized spacial score (nSPS) is 10.2. The van der Waals surface area contributed by atoms with Crippen molar-refractivity contribution in [2.45, 2.75) is 19.9 Å². The van der Waals surface area contributed by atoms with Crippen LogP contribution in [0.3, 0.4) is 0 Å². The molecule has 5 nitrogen and oxygen atoms in total. The molecule has 0 bridgehead atoms. The van der Waals surface area contributed by atoms with Gasteiger partial charge < -0.3 is 14.9 Å². The summed E-state index contributed by atoms with van der Waals surface area (Å²) in [6.45, 7) is 2.37. The average Bonchev–Trinajstić information content (AvgIpc) is 2.39. The number of hydrogen-bond donors (Lipinski definition) is 1. The maximum Gasteiger partial charge on any atom is 0.323 e. The zero-order valence-corrected chi connectivity index (χ0v) is 12.4. The number of carboxylic acids is 1. The summed E-state index contributed by atoms with van der Waals surface area (Å²) in [7, 11) is 1.64. The van der Waals surface area contributed by atoms with Crippen molar-refractivity contribution in [3.8, 4) is 0 Å². The summed E-state index contributed by atoms with van der Waals surface area (Å²) in [6.07, 6.45) is 0.707. The highest BCUT2D eigenvalue weighted by molar-refractivity contribution is 6.31. The van der Waals surface area contributed by atoms with E-state index in [1.165, 1.54) is 9.80 Å². The minimum absolute atomic E-state index is 0.292. The Morgan fingerprint density at radius 1 is 1.30 bits per heavy atom. The van der Waals surface area contributed by atoms with Gasteiger partial charge in [-0.1, -0.05) is 36.7 Å². The molecule has 0 fully saturated rings. The van der Waals surface area contributed by atoms with Gasteiger partial charge in [-0.25, -0.2) is 4.79 Å². The molecule has 0 radical (unpaired) electrons. The Morgan fingerprint density at radius 2 is 1.95 bits per heavy atom. The van der Waals surface area contributed by atoms with E-state index < -0.39 is 5.97 Å². The van der Waals surface area contributed by atoms with Gasteiger partial charge in [-0.05, 0) is 18.1 Å². The van der Waals surface area contributed by atoms with E-state index in [0.717, 1.165) is 5.56 Å². The van der Waals surface area contributed by atoms with E-state index in [2.05, 4.69) is 0 Å². The summed E-state index contributed by atoms with van der Waals surface area (Å²) in [6, 6.07) is 6.96. The number of carboxylic acid groups (broad SMARTS) is 1. The lowest BCUT2D eigenvalue weighted by atomic mass is 10.2. The van der Waals surface area contributed by atoms with E-state index in [9.17, 15) is 9.59 Å². The van der Waals surface area contributed by atoms with Crippen LogP contribution in [0.5, 0.6) is 0 Å². The summed E-state index contributed by atoms with van der Waals surface area (Å²) in [5.41, 5.74) is 0.830. The highest BCUT2D eigenvalue weighted by atomic mass is 35.5. The first kappa shape index (κ1) is 16.3. The van der Waals surface area contributed by atoms with E-state index in [1.807, 2.05) is 25.1 Å². The van der Waals surface area contributed by atoms with Gasteiger partial charge in [0.15, 0.2) is 0 Å². The van der Waals surface area contributed by atoms with Crippen molar-refractivity contribution in [1.82, 2.24) is 9.80 Å². The third kappa shape index (κ3) is 4.74. The maximum absolute atomic E-state index is 12.2. The Balaban J connectivity index is 2.73. The SMILES string of the molecule is CCCN(CC(=O)O)C(=O)N(C)Cc1ccccc1Cl. The number of carbonyl (C=O) groups excluding carboxylic acids is 1. The zero-order chi connectivity index (χ0) is 15.1. The van der Waals surface area contributed by atoms with E-state index in [-0.39, 0.29) is 12.6 Å². The molecule has 6 heteroatoms. The molecular formula is C14H19ClN2O3. The lowest BCUT2D eigenvalue weighted by molar-refractivity contribution is -0.137. The van der Waals surface area contributed by atoms with Crippen LogP contribution in [-0.2, 0) is 11.3 Å². The molecule has 0 spiro atoms. The van der Waals surface area contributed by atoms with Gasteiger partial charge >= 0.3 is 12.0 Å². The summed E-state index contributed by atoms with van der Waals surface area (Å²) in [5, 5.41) is 9.43. The second-order valence-corrected chi connectivity index (χ2v) is 4.95. The molecule has 0 saturated carbocycles. The number of halogens is 1. The van der Waals surface area contributed by atoms with Crippen LogP contribution in [0.25, 0.3) is 0 Å². The molecule has 1 aromatic rings. The molecule has 0 aliphatic rings. The molecule has 2 amide bonds. The first-order valence-electron chi connectivity index (χ1n) is 6.41. The number of benzene rings is 1. The highest BCUT2D eigenvalue weighted by Crippen LogP contribution is 2.17. The third-order valence-corrected chi connectivity index (χ3v) is 3.15. The van der Waals surface area contributed by atoms with Gasteiger partial charge in [-0.3, -0.25) is 4.79 Å². The number of nitrogens with zero attached hydrogens (tertiary/aromatic N) is 2. The zero-order valence-electron chi connectivity index (χ0n) is 11.7. The van der Waals surface area contributed by atoms with Gasteiger partial charge in [0, 0.05) is 25.2 Å². The maximum atomic E-state index is 12.2. The van der Waals surface area contributed by atoms with Crippen molar-refractivity contribution in [3.63, 3.8) is 0 Å². The van der Waals surface area contributed by atoms with E-state index in [1.54, 1.807) is 13.1 Å². The van der Waals surface area contributed by atoms with Crippen molar-refractivity contribution in [2.75, 3.05) is 20.1 Å². The van der Waals surface area contributed by atoms with E-state index in [0.29, 0.717) is 24.5 Å². The minimum Gasteiger partial charge on any atom is -0.480 e. The predicted molar refractivity (Wildman–Crippen MR) is 77.8 cm³/mol. The molecule has 0 unspecified atom stereocenters. The monoisotopic (exact) mass is 298 g/mol. The number of hydrogen-bond acceptors (Lipinski definition) is 2. The Kier molecular flexibility index (Phi) is 6.31. The number of amides is 2. The predicted octanol–water partition coefficient (Wildman–Crippen LogP) is 2.69. The van der Waals surface area contributed by atoms with Crippen LogP contribution in [0, 0.1) is 0 Å². The first-order valence-corrected chi connectivity index (χ1v) is 6.78. The van der Waals surface area contributed by atoms with Gasteiger partial charge in [0.2, 0.25) is 0 Å². The second-order valence-electron chi connectivity index (χ2n) is 4.55. The van der Waals surface area contributed by atoms with Crippen molar-refractivity contribution < 1.29 is 14.7 Å². The number of carbonyl (C=O) groups is 2. The molecule has 0 aliphatic carbocycles. The lowest BCUT2D eigenvalue weighted by Gasteiger charge is -2.27. The van der Waals surface area contributed by atoms with Gasteiger partial charge in [0.05, 0.1) is 0 Å². The highest BCUT2D eigenvalue weighted by Gasteiger charge is 2.20. The van der Waals surface area contributed by atoms with Gasteiger partial charge in [0.1, 0.15) is 6.54 Å². The largest absolute Gasteiger partial charge is 0.480 e. The van der Waals surface area contributed by atoms with Gasteiger partial charge in [-0.2, -0.15) is 0 Å². The standard InChI is InChI=1S/C14H19ClN2O3/c1-3-8-17(10-13(18)19)14(20)16(2)9-11-6-4-5-7-12(11)15/h4-7H,3,8-10H2,1-2H3,(H,18,19). The van der Waals surface area contributed by atoms with Crippen LogP contribution in [0.1, 0.15) is 18.9 Å². The number of urea groups is 1. The van der Waals surface area contributed by atoms with Crippen LogP contribution in [0.2, 0.25) is 5.02 Å². The minimum atomic E-state index is -1.02. The molecule has 0 aromatic heterocycles. The van der Waals surface area contributed by atoms with Crippen molar-refractivity contribution >= 4 is 23.6 Å². The van der Waals surface area contributed by atoms with Gasteiger partial charge in [0.25, 0.3) is 0 Å². The topological polar surface area (TPSA) is 60.9 Å². The average molecular weight is 299 g/mol. The Bertz CT molecular complexity index is 479. The van der Waals surface area contributed by atoms with Crippen LogP contribution in [0.15, 0.2) is 24.3 Å².